The molecule has 0 bridgehead atoms. The van der Waals surface area contributed by atoms with Crippen LogP contribution in [0.1, 0.15) is 13.3 Å². The van der Waals surface area contributed by atoms with Crippen molar-refractivity contribution >= 4 is 28.6 Å². The predicted molar refractivity (Wildman–Crippen MR) is 139 cm³/mol. The second kappa shape index (κ2) is 9.38. The molecule has 0 spiro atoms. The van der Waals surface area contributed by atoms with Gasteiger partial charge in [-0.05, 0) is 54.6 Å². The minimum Gasteiger partial charge on any atom is -0.457 e. The van der Waals surface area contributed by atoms with E-state index in [0.717, 1.165) is 0 Å². The van der Waals surface area contributed by atoms with Gasteiger partial charge in [-0.1, -0.05) is 31.2 Å². The molecule has 0 aliphatic rings. The van der Waals surface area contributed by atoms with Crippen molar-refractivity contribution in [2.45, 2.75) is 13.3 Å². The second-order valence-electron chi connectivity index (χ2n) is 8.12. The van der Waals surface area contributed by atoms with Crippen LogP contribution in [-0.2, 0) is 4.79 Å². The van der Waals surface area contributed by atoms with E-state index in [-0.39, 0.29) is 17.4 Å². The first-order valence-corrected chi connectivity index (χ1v) is 11.4. The molecule has 2 N–H and O–H groups in total. The minimum absolute atomic E-state index is 0.0358. The quantitative estimate of drug-likeness (QED) is 0.388. The number of anilines is 2. The van der Waals surface area contributed by atoms with Crippen LogP contribution in [0.3, 0.4) is 0 Å². The Bertz CT molecular complexity index is 1610. The maximum Gasteiger partial charge on any atom is 0.339 e. The van der Waals surface area contributed by atoms with E-state index in [1.165, 1.54) is 15.5 Å². The number of hydrogen-bond donors (Lipinski definition) is 1. The molecule has 0 fully saturated rings. The predicted octanol–water partition coefficient (Wildman–Crippen LogP) is 4.32. The summed E-state index contributed by atoms with van der Waals surface area (Å²) in [6, 6.07) is 23.7. The zero-order valence-electron chi connectivity index (χ0n) is 19.8. The molecule has 0 saturated heterocycles. The molecule has 36 heavy (non-hydrogen) atoms. The number of fused-ring (bicyclic) bond motifs is 1. The van der Waals surface area contributed by atoms with Gasteiger partial charge in [-0.3, -0.25) is 9.36 Å². The number of nitrogens with zero attached hydrogens (tertiary/aromatic N) is 5. The molecular formula is C27H24N6O3. The van der Waals surface area contributed by atoms with E-state index in [4.69, 9.17) is 10.5 Å². The summed E-state index contributed by atoms with van der Waals surface area (Å²) in [5.74, 6) is 1.48. The summed E-state index contributed by atoms with van der Waals surface area (Å²) in [5, 5.41) is 0. The maximum absolute atomic E-state index is 13.8. The van der Waals surface area contributed by atoms with Gasteiger partial charge in [-0.15, -0.1) is 0 Å². The Morgan fingerprint density at radius 3 is 2.36 bits per heavy atom. The molecule has 9 nitrogen and oxygen atoms in total. The molecule has 0 aliphatic heterocycles. The number of nitrogens with two attached hydrogens (primary N) is 1. The molecule has 5 aromatic rings. The lowest BCUT2D eigenvalue weighted by atomic mass is 10.2. The van der Waals surface area contributed by atoms with Crippen LogP contribution in [-0.4, -0.2) is 32.1 Å². The van der Waals surface area contributed by atoms with Crippen molar-refractivity contribution in [1.29, 1.82) is 0 Å². The van der Waals surface area contributed by atoms with Gasteiger partial charge < -0.3 is 15.4 Å². The number of nitrogen functional groups attached to an aromatic ring is 1. The fraction of sp³-hybridized carbons (Fsp3) is 0.111. The molecule has 2 heterocycles. The highest BCUT2D eigenvalue weighted by Gasteiger charge is 2.21. The standard InChI is InChI=1S/C27H24N6O3/c1-3-23(34)31(2)19-8-7-9-20(16-19)33-26-24(25(28)29-17-30-26)32(27(33)35)18-12-14-22(15-13-18)36-21-10-5-4-6-11-21/h4-17H,3H2,1-2H3,(H2,28,29,30). The number of carbonyl (C=O) groups excluding carboxylic acids is 1. The minimum atomic E-state index is -0.365. The highest BCUT2D eigenvalue weighted by molar-refractivity contribution is 5.93. The van der Waals surface area contributed by atoms with Crippen LogP contribution in [0, 0.1) is 0 Å². The molecule has 5 rings (SSSR count). The van der Waals surface area contributed by atoms with Crippen LogP contribution in [0.2, 0.25) is 0 Å². The average molecular weight is 481 g/mol. The highest BCUT2D eigenvalue weighted by atomic mass is 16.5. The lowest BCUT2D eigenvalue weighted by Gasteiger charge is -2.17. The third kappa shape index (κ3) is 4.07. The van der Waals surface area contributed by atoms with Crippen LogP contribution in [0.4, 0.5) is 11.5 Å². The molecule has 0 aliphatic carbocycles. The van der Waals surface area contributed by atoms with Crippen LogP contribution in [0.15, 0.2) is 90.0 Å². The van der Waals surface area contributed by atoms with Crippen LogP contribution >= 0.6 is 0 Å². The van der Waals surface area contributed by atoms with Gasteiger partial charge in [0.2, 0.25) is 5.91 Å². The first-order chi connectivity index (χ1) is 17.5. The van der Waals surface area contributed by atoms with Crippen molar-refractivity contribution in [3.05, 3.63) is 95.7 Å². The van der Waals surface area contributed by atoms with Crippen molar-refractivity contribution in [2.75, 3.05) is 17.7 Å². The summed E-state index contributed by atoms with van der Waals surface area (Å²) >= 11 is 0. The summed E-state index contributed by atoms with van der Waals surface area (Å²) in [7, 11) is 1.70. The van der Waals surface area contributed by atoms with E-state index < -0.39 is 0 Å². The molecule has 0 unspecified atom stereocenters. The number of aromatic nitrogens is 4. The van der Waals surface area contributed by atoms with Gasteiger partial charge in [0.05, 0.1) is 11.4 Å². The van der Waals surface area contributed by atoms with Gasteiger partial charge >= 0.3 is 5.69 Å². The van der Waals surface area contributed by atoms with Gasteiger partial charge in [0.25, 0.3) is 0 Å². The van der Waals surface area contributed by atoms with E-state index in [2.05, 4.69) is 9.97 Å². The van der Waals surface area contributed by atoms with Crippen molar-refractivity contribution in [1.82, 2.24) is 19.1 Å². The first-order valence-electron chi connectivity index (χ1n) is 11.4. The monoisotopic (exact) mass is 480 g/mol. The maximum atomic E-state index is 13.8. The van der Waals surface area contributed by atoms with Crippen LogP contribution in [0.5, 0.6) is 11.5 Å². The second-order valence-corrected chi connectivity index (χ2v) is 8.12. The fourth-order valence-electron chi connectivity index (χ4n) is 4.03. The smallest absolute Gasteiger partial charge is 0.339 e. The highest BCUT2D eigenvalue weighted by Crippen LogP contribution is 2.27. The normalized spacial score (nSPS) is 10.9. The number of para-hydroxylation sites is 1. The zero-order valence-corrected chi connectivity index (χ0v) is 19.8. The lowest BCUT2D eigenvalue weighted by molar-refractivity contribution is -0.118. The van der Waals surface area contributed by atoms with Gasteiger partial charge in [0.15, 0.2) is 11.5 Å². The summed E-state index contributed by atoms with van der Waals surface area (Å²) in [6.45, 7) is 1.80. The third-order valence-corrected chi connectivity index (χ3v) is 5.87. The fourth-order valence-corrected chi connectivity index (χ4v) is 4.03. The molecule has 9 heteroatoms. The number of hydrogen-bond acceptors (Lipinski definition) is 6. The van der Waals surface area contributed by atoms with E-state index in [1.807, 2.05) is 36.4 Å². The van der Waals surface area contributed by atoms with E-state index in [1.54, 1.807) is 61.3 Å². The summed E-state index contributed by atoms with van der Waals surface area (Å²) in [4.78, 5) is 36.0. The Kier molecular flexibility index (Phi) is 5.95. The number of imidazole rings is 1. The van der Waals surface area contributed by atoms with Crippen molar-refractivity contribution < 1.29 is 9.53 Å². The average Bonchev–Trinajstić information content (AvgIpc) is 3.22. The zero-order chi connectivity index (χ0) is 25.2. The number of amides is 1. The van der Waals surface area contributed by atoms with Gasteiger partial charge in [-0.2, -0.15) is 0 Å². The van der Waals surface area contributed by atoms with Gasteiger partial charge in [0, 0.05) is 19.2 Å². The molecule has 0 atom stereocenters. The Labute approximate surface area is 207 Å². The lowest BCUT2D eigenvalue weighted by Crippen LogP contribution is -2.26. The van der Waals surface area contributed by atoms with E-state index in [9.17, 15) is 9.59 Å². The molecular weight excluding hydrogens is 456 g/mol. The Morgan fingerprint density at radius 1 is 0.917 bits per heavy atom. The van der Waals surface area contributed by atoms with E-state index >= 15 is 0 Å². The SMILES string of the molecule is CCC(=O)N(C)c1cccc(-n2c(=O)n(-c3ccc(Oc4ccccc4)cc3)c3c(N)ncnc32)c1. The van der Waals surface area contributed by atoms with Crippen molar-refractivity contribution in [2.24, 2.45) is 0 Å². The summed E-state index contributed by atoms with van der Waals surface area (Å²) < 4.78 is 8.82. The summed E-state index contributed by atoms with van der Waals surface area (Å²) in [6.07, 6.45) is 1.69. The number of rotatable bonds is 6. The Morgan fingerprint density at radius 2 is 1.64 bits per heavy atom. The first kappa shape index (κ1) is 22.9. The third-order valence-electron chi connectivity index (χ3n) is 5.87. The van der Waals surface area contributed by atoms with E-state index in [0.29, 0.717) is 46.1 Å². The molecule has 2 aromatic heterocycles. The topological polar surface area (TPSA) is 108 Å². The Balaban J connectivity index is 1.62. The largest absolute Gasteiger partial charge is 0.457 e. The molecule has 0 radical (unpaired) electrons. The molecule has 0 saturated carbocycles. The van der Waals surface area contributed by atoms with Crippen LogP contribution < -0.4 is 21.1 Å². The van der Waals surface area contributed by atoms with Gasteiger partial charge in [-0.25, -0.2) is 19.3 Å². The molecule has 1 amide bonds. The Hall–Kier alpha value is -4.92. The molecule has 180 valence electrons. The summed E-state index contributed by atoms with van der Waals surface area (Å²) in [5.41, 5.74) is 8.41. The number of ether oxygens (including phenoxy) is 1. The van der Waals surface area contributed by atoms with Crippen molar-refractivity contribution in [3.8, 4) is 22.9 Å². The van der Waals surface area contributed by atoms with Gasteiger partial charge in [0.1, 0.15) is 23.3 Å². The molecule has 3 aromatic carbocycles. The van der Waals surface area contributed by atoms with Crippen LogP contribution in [0.25, 0.3) is 22.5 Å². The number of carbonyl (C=O) groups is 1. The van der Waals surface area contributed by atoms with Crippen molar-refractivity contribution in [3.63, 3.8) is 0 Å². The number of benzene rings is 3.